The van der Waals surface area contributed by atoms with Crippen LogP contribution in [-0.2, 0) is 0 Å². The van der Waals surface area contributed by atoms with Crippen molar-refractivity contribution in [2.24, 2.45) is 0 Å². The van der Waals surface area contributed by atoms with Crippen molar-refractivity contribution >= 4 is 29.2 Å². The molecule has 0 atom stereocenters. The first-order valence-corrected chi connectivity index (χ1v) is 7.38. The van der Waals surface area contributed by atoms with Crippen LogP contribution in [0, 0.1) is 0 Å². The molecule has 0 aliphatic rings. The molecule has 0 heterocycles. The van der Waals surface area contributed by atoms with Crippen molar-refractivity contribution in [3.8, 4) is 0 Å². The van der Waals surface area contributed by atoms with Gasteiger partial charge in [-0.2, -0.15) is 13.2 Å². The Balaban J connectivity index is 2.16. The van der Waals surface area contributed by atoms with Crippen LogP contribution in [0.4, 0.5) is 13.2 Å². The molecule has 0 saturated carbocycles. The number of hydrogen-bond acceptors (Lipinski definition) is 0. The van der Waals surface area contributed by atoms with Crippen LogP contribution in [0.2, 0.25) is 11.3 Å². The summed E-state index contributed by atoms with van der Waals surface area (Å²) in [5, 5.41) is 0.646. The predicted octanol–water partition coefficient (Wildman–Crippen LogP) is 4.46. The molecule has 0 spiro atoms. The van der Waals surface area contributed by atoms with Crippen molar-refractivity contribution < 1.29 is 13.2 Å². The van der Waals surface area contributed by atoms with E-state index in [2.05, 4.69) is 0 Å². The van der Waals surface area contributed by atoms with Gasteiger partial charge in [0, 0.05) is 11.1 Å². The smallest absolute Gasteiger partial charge is 0.167 e. The maximum atomic E-state index is 12.2. The molecule has 5 heteroatoms. The lowest BCUT2D eigenvalue weighted by atomic mass is 9.38. The molecule has 2 aromatic rings. The molecule has 0 aliphatic carbocycles. The fourth-order valence-corrected chi connectivity index (χ4v) is 2.51. The second kappa shape index (κ2) is 7.55. The van der Waals surface area contributed by atoms with Gasteiger partial charge < -0.3 is 0 Å². The van der Waals surface area contributed by atoms with Crippen LogP contribution >= 0.6 is 11.6 Å². The Morgan fingerprint density at radius 2 is 1.50 bits per heavy atom. The number of benzene rings is 2. The molecule has 114 valence electrons. The summed E-state index contributed by atoms with van der Waals surface area (Å²) in [5.41, 5.74) is 2.14. The standard InChI is InChI=1S/C17H15BClF3/c19-16-10-8-15(9-11-16)18(14-6-2-1-3-7-14)13-5-4-12-17(20,21)22/h1-4,6-12H,5,13H2. The zero-order chi connectivity index (χ0) is 16.0. The van der Waals surface area contributed by atoms with Crippen molar-refractivity contribution in [2.75, 3.05) is 0 Å². The van der Waals surface area contributed by atoms with E-state index in [-0.39, 0.29) is 6.71 Å². The van der Waals surface area contributed by atoms with Crippen molar-refractivity contribution in [2.45, 2.75) is 18.9 Å². The molecule has 2 rings (SSSR count). The van der Waals surface area contributed by atoms with E-state index in [0.717, 1.165) is 10.9 Å². The van der Waals surface area contributed by atoms with Crippen LogP contribution in [0.3, 0.4) is 0 Å². The summed E-state index contributed by atoms with van der Waals surface area (Å²) in [4.78, 5) is 0. The van der Waals surface area contributed by atoms with E-state index in [4.69, 9.17) is 11.6 Å². The van der Waals surface area contributed by atoms with Gasteiger partial charge >= 0.3 is 6.18 Å². The summed E-state index contributed by atoms with van der Waals surface area (Å²) in [6.45, 7) is 0.0522. The van der Waals surface area contributed by atoms with Crippen LogP contribution in [-0.4, -0.2) is 12.9 Å². The normalized spacial score (nSPS) is 11.8. The maximum Gasteiger partial charge on any atom is 0.409 e. The van der Waals surface area contributed by atoms with Crippen LogP contribution < -0.4 is 10.9 Å². The third-order valence-corrected chi connectivity index (χ3v) is 3.66. The third kappa shape index (κ3) is 5.26. The number of allylic oxidation sites excluding steroid dienone is 2. The third-order valence-electron chi connectivity index (χ3n) is 3.40. The van der Waals surface area contributed by atoms with Gasteiger partial charge in [-0.1, -0.05) is 77.4 Å². The van der Waals surface area contributed by atoms with Crippen LogP contribution in [0.15, 0.2) is 66.7 Å². The molecule has 0 radical (unpaired) electrons. The van der Waals surface area contributed by atoms with E-state index < -0.39 is 6.18 Å². The lowest BCUT2D eigenvalue weighted by molar-refractivity contribution is -0.0800. The molecule has 0 aliphatic heterocycles. The van der Waals surface area contributed by atoms with E-state index in [9.17, 15) is 13.2 Å². The minimum Gasteiger partial charge on any atom is -0.167 e. The van der Waals surface area contributed by atoms with Gasteiger partial charge in [0.2, 0.25) is 6.71 Å². The average Bonchev–Trinajstić information content (AvgIpc) is 2.48. The highest BCUT2D eigenvalue weighted by atomic mass is 35.5. The first kappa shape index (κ1) is 16.7. The minimum atomic E-state index is -4.25. The Morgan fingerprint density at radius 3 is 2.09 bits per heavy atom. The lowest BCUT2D eigenvalue weighted by Gasteiger charge is -2.14. The van der Waals surface area contributed by atoms with E-state index in [1.165, 1.54) is 6.08 Å². The number of alkyl halides is 3. The average molecular weight is 323 g/mol. The Hall–Kier alpha value is -1.68. The van der Waals surface area contributed by atoms with Crippen LogP contribution in [0.1, 0.15) is 6.42 Å². The zero-order valence-corrected chi connectivity index (χ0v) is 12.6. The van der Waals surface area contributed by atoms with Crippen molar-refractivity contribution in [3.63, 3.8) is 0 Å². The maximum absolute atomic E-state index is 12.2. The highest BCUT2D eigenvalue weighted by Crippen LogP contribution is 2.17. The quantitative estimate of drug-likeness (QED) is 0.563. The second-order valence-corrected chi connectivity index (χ2v) is 5.47. The minimum absolute atomic E-state index is 0.0522. The summed E-state index contributed by atoms with van der Waals surface area (Å²) >= 11 is 5.90. The highest BCUT2D eigenvalue weighted by Gasteiger charge is 2.22. The van der Waals surface area contributed by atoms with Crippen LogP contribution in [0.5, 0.6) is 0 Å². The molecule has 0 N–H and O–H groups in total. The fourth-order valence-electron chi connectivity index (χ4n) is 2.39. The second-order valence-electron chi connectivity index (χ2n) is 5.04. The molecule has 0 unspecified atom stereocenters. The molecule has 2 aromatic carbocycles. The summed E-state index contributed by atoms with van der Waals surface area (Å²) in [6.07, 6.45) is -1.79. The Kier molecular flexibility index (Phi) is 5.73. The molecule has 22 heavy (non-hydrogen) atoms. The highest BCUT2D eigenvalue weighted by molar-refractivity contribution is 6.85. The zero-order valence-electron chi connectivity index (χ0n) is 11.9. The van der Waals surface area contributed by atoms with Gasteiger partial charge in [-0.05, 0) is 18.6 Å². The summed E-state index contributed by atoms with van der Waals surface area (Å²) in [7, 11) is 0. The summed E-state index contributed by atoms with van der Waals surface area (Å²) in [5.74, 6) is 0. The van der Waals surface area contributed by atoms with E-state index in [0.29, 0.717) is 23.8 Å². The topological polar surface area (TPSA) is 0 Å². The van der Waals surface area contributed by atoms with Gasteiger partial charge in [-0.15, -0.1) is 0 Å². The summed E-state index contributed by atoms with van der Waals surface area (Å²) < 4.78 is 36.5. The SMILES string of the molecule is FC(F)(F)C=CCCB(c1ccccc1)c1ccc(Cl)cc1. The Bertz CT molecular complexity index is 606. The number of rotatable bonds is 5. The van der Waals surface area contributed by atoms with Gasteiger partial charge in [0.15, 0.2) is 0 Å². The molecule has 0 bridgehead atoms. The molecule has 0 nitrogen and oxygen atoms in total. The summed E-state index contributed by atoms with van der Waals surface area (Å²) in [6, 6.07) is 17.2. The van der Waals surface area contributed by atoms with Crippen molar-refractivity contribution in [3.05, 3.63) is 71.8 Å². The fraction of sp³-hybridized carbons (Fsp3) is 0.176. The van der Waals surface area contributed by atoms with Crippen molar-refractivity contribution in [1.29, 1.82) is 0 Å². The van der Waals surface area contributed by atoms with Gasteiger partial charge in [0.25, 0.3) is 0 Å². The molecule has 0 amide bonds. The van der Waals surface area contributed by atoms with Gasteiger partial charge in [0.05, 0.1) is 0 Å². The lowest BCUT2D eigenvalue weighted by Crippen LogP contribution is -2.41. The van der Waals surface area contributed by atoms with Crippen LogP contribution in [0.25, 0.3) is 0 Å². The molecular weight excluding hydrogens is 307 g/mol. The first-order valence-electron chi connectivity index (χ1n) is 7.00. The van der Waals surface area contributed by atoms with E-state index in [1.54, 1.807) is 12.1 Å². The molecular formula is C17H15BClF3. The van der Waals surface area contributed by atoms with Gasteiger partial charge in [-0.25, -0.2) is 0 Å². The van der Waals surface area contributed by atoms with E-state index in [1.807, 2.05) is 42.5 Å². The molecule has 0 aromatic heterocycles. The predicted molar refractivity (Wildman–Crippen MR) is 87.5 cm³/mol. The Labute approximate surface area is 133 Å². The first-order chi connectivity index (χ1) is 10.5. The number of halogens is 4. The molecule has 0 saturated heterocycles. The van der Waals surface area contributed by atoms with E-state index >= 15 is 0 Å². The monoisotopic (exact) mass is 322 g/mol. The molecule has 0 fully saturated rings. The van der Waals surface area contributed by atoms with Gasteiger partial charge in [-0.3, -0.25) is 0 Å². The van der Waals surface area contributed by atoms with Gasteiger partial charge in [0.1, 0.15) is 0 Å². The number of hydrogen-bond donors (Lipinski definition) is 0. The Morgan fingerprint density at radius 1 is 0.909 bits per heavy atom. The van der Waals surface area contributed by atoms with Crippen molar-refractivity contribution in [1.82, 2.24) is 0 Å². The largest absolute Gasteiger partial charge is 0.409 e.